The number of halogens is 2. The van der Waals surface area contributed by atoms with Crippen LogP contribution >= 0.6 is 24.0 Å². The molecule has 2 aromatic rings. The predicted octanol–water partition coefficient (Wildman–Crippen LogP) is 4.25. The van der Waals surface area contributed by atoms with Crippen molar-refractivity contribution in [2.75, 3.05) is 18.8 Å². The summed E-state index contributed by atoms with van der Waals surface area (Å²) in [6.45, 7) is 1.39. The number of aryl methyl sites for hydroxylation is 1. The number of hydrogen-bond acceptors (Lipinski definition) is 3. The highest BCUT2D eigenvalue weighted by Crippen LogP contribution is 2.31. The quantitative estimate of drug-likeness (QED) is 0.726. The van der Waals surface area contributed by atoms with Crippen molar-refractivity contribution in [2.24, 2.45) is 5.92 Å². The maximum absolute atomic E-state index is 12.5. The highest BCUT2D eigenvalue weighted by Gasteiger charge is 2.28. The number of nitrogens with zero attached hydrogens (tertiary/aromatic N) is 1. The van der Waals surface area contributed by atoms with E-state index in [4.69, 9.17) is 17.3 Å². The topological polar surface area (TPSA) is 66.6 Å². The molecule has 1 aliphatic heterocycles. The molecule has 1 amide bonds. The molecule has 1 heterocycles. The van der Waals surface area contributed by atoms with E-state index in [-0.39, 0.29) is 24.2 Å². The van der Waals surface area contributed by atoms with Crippen molar-refractivity contribution in [3.63, 3.8) is 0 Å². The van der Waals surface area contributed by atoms with Crippen LogP contribution in [0, 0.1) is 5.92 Å². The largest absolute Gasteiger partial charge is 0.399 e. The van der Waals surface area contributed by atoms with Crippen molar-refractivity contribution in [3.8, 4) is 0 Å². The Bertz CT molecular complexity index is 744. The molecule has 1 unspecified atom stereocenters. The van der Waals surface area contributed by atoms with E-state index in [1.807, 2.05) is 41.3 Å². The van der Waals surface area contributed by atoms with Gasteiger partial charge in [-0.3, -0.25) is 4.79 Å². The van der Waals surface area contributed by atoms with E-state index in [1.165, 1.54) is 0 Å². The molecular formula is C21H26Cl2N2O2. The molecule has 27 heavy (non-hydrogen) atoms. The number of nitrogen functional groups attached to an aromatic ring is 1. The van der Waals surface area contributed by atoms with E-state index in [1.54, 1.807) is 12.1 Å². The van der Waals surface area contributed by atoms with E-state index in [0.717, 1.165) is 29.7 Å². The Labute approximate surface area is 171 Å². The number of piperidine rings is 1. The molecule has 3 N–H and O–H groups in total. The lowest BCUT2D eigenvalue weighted by molar-refractivity contribution is -0.133. The summed E-state index contributed by atoms with van der Waals surface area (Å²) in [4.78, 5) is 14.4. The van der Waals surface area contributed by atoms with Crippen LogP contribution in [0.4, 0.5) is 5.69 Å². The third-order valence-electron chi connectivity index (χ3n) is 5.21. The van der Waals surface area contributed by atoms with Gasteiger partial charge in [0.15, 0.2) is 0 Å². The lowest BCUT2D eigenvalue weighted by Gasteiger charge is -2.34. The molecule has 1 atom stereocenters. The number of aliphatic hydroxyl groups excluding tert-OH is 1. The molecular weight excluding hydrogens is 383 g/mol. The molecule has 0 saturated carbocycles. The van der Waals surface area contributed by atoms with Gasteiger partial charge in [0.05, 0.1) is 6.10 Å². The normalized spacial score (nSPS) is 15.9. The predicted molar refractivity (Wildman–Crippen MR) is 112 cm³/mol. The van der Waals surface area contributed by atoms with Gasteiger partial charge in [0.1, 0.15) is 0 Å². The number of carbonyl (C=O) groups is 1. The van der Waals surface area contributed by atoms with Crippen molar-refractivity contribution in [1.29, 1.82) is 0 Å². The third-order valence-corrected chi connectivity index (χ3v) is 5.47. The molecule has 4 nitrogen and oxygen atoms in total. The minimum atomic E-state index is -0.506. The second-order valence-electron chi connectivity index (χ2n) is 6.91. The van der Waals surface area contributed by atoms with Crippen LogP contribution in [0.1, 0.15) is 36.5 Å². The molecule has 0 spiro atoms. The van der Waals surface area contributed by atoms with E-state index < -0.39 is 6.10 Å². The van der Waals surface area contributed by atoms with Crippen molar-refractivity contribution in [1.82, 2.24) is 4.90 Å². The average Bonchev–Trinajstić information content (AvgIpc) is 2.67. The third kappa shape index (κ3) is 5.61. The lowest BCUT2D eigenvalue weighted by Crippen LogP contribution is -2.39. The van der Waals surface area contributed by atoms with Gasteiger partial charge in [-0.2, -0.15) is 0 Å². The summed E-state index contributed by atoms with van der Waals surface area (Å²) >= 11 is 5.91. The summed E-state index contributed by atoms with van der Waals surface area (Å²) in [5, 5.41) is 11.3. The van der Waals surface area contributed by atoms with Crippen molar-refractivity contribution >= 4 is 35.6 Å². The second-order valence-corrected chi connectivity index (χ2v) is 7.35. The first-order valence-corrected chi connectivity index (χ1v) is 9.47. The number of hydrogen-bond donors (Lipinski definition) is 2. The summed E-state index contributed by atoms with van der Waals surface area (Å²) in [5.74, 6) is 0.331. The molecule has 0 aromatic heterocycles. The molecule has 1 saturated heterocycles. The fourth-order valence-electron chi connectivity index (χ4n) is 3.56. The molecule has 3 rings (SSSR count). The Balaban J connectivity index is 0.00000261. The minimum absolute atomic E-state index is 0. The number of amides is 1. The van der Waals surface area contributed by atoms with E-state index >= 15 is 0 Å². The molecule has 146 valence electrons. The number of rotatable bonds is 5. The Hall–Kier alpha value is -1.75. The van der Waals surface area contributed by atoms with Crippen molar-refractivity contribution in [3.05, 3.63) is 64.7 Å². The first-order valence-electron chi connectivity index (χ1n) is 9.09. The highest BCUT2D eigenvalue weighted by atomic mass is 35.5. The van der Waals surface area contributed by atoms with Crippen LogP contribution in [-0.2, 0) is 11.2 Å². The van der Waals surface area contributed by atoms with Crippen LogP contribution in [0.25, 0.3) is 0 Å². The maximum Gasteiger partial charge on any atom is 0.222 e. The minimum Gasteiger partial charge on any atom is -0.399 e. The Morgan fingerprint density at radius 3 is 2.41 bits per heavy atom. The van der Waals surface area contributed by atoms with Crippen LogP contribution < -0.4 is 5.73 Å². The number of aliphatic hydroxyl groups is 1. The van der Waals surface area contributed by atoms with Gasteiger partial charge in [0.25, 0.3) is 0 Å². The van der Waals surface area contributed by atoms with Crippen molar-refractivity contribution in [2.45, 2.75) is 31.8 Å². The Kier molecular flexibility index (Phi) is 7.96. The molecule has 0 aliphatic carbocycles. The van der Waals surface area contributed by atoms with Crippen LogP contribution in [0.5, 0.6) is 0 Å². The molecule has 0 bridgehead atoms. The highest BCUT2D eigenvalue weighted by molar-refractivity contribution is 6.30. The number of benzene rings is 2. The van der Waals surface area contributed by atoms with Gasteiger partial charge in [-0.05, 0) is 54.5 Å². The Morgan fingerprint density at radius 2 is 1.78 bits per heavy atom. The average molecular weight is 409 g/mol. The van der Waals surface area contributed by atoms with Crippen LogP contribution in [0.3, 0.4) is 0 Å². The van der Waals surface area contributed by atoms with E-state index in [0.29, 0.717) is 31.0 Å². The summed E-state index contributed by atoms with van der Waals surface area (Å²) < 4.78 is 0. The summed E-state index contributed by atoms with van der Waals surface area (Å²) in [5.41, 5.74) is 8.59. The van der Waals surface area contributed by atoms with Crippen LogP contribution in [0.15, 0.2) is 48.5 Å². The fraction of sp³-hybridized carbons (Fsp3) is 0.381. The Morgan fingerprint density at radius 1 is 1.15 bits per heavy atom. The lowest BCUT2D eigenvalue weighted by atomic mass is 9.87. The number of likely N-dealkylation sites (tertiary alicyclic amines) is 1. The molecule has 2 aromatic carbocycles. The monoisotopic (exact) mass is 408 g/mol. The molecule has 0 radical (unpaired) electrons. The molecule has 1 fully saturated rings. The smallest absolute Gasteiger partial charge is 0.222 e. The molecule has 6 heteroatoms. The zero-order valence-electron chi connectivity index (χ0n) is 15.2. The maximum atomic E-state index is 12.5. The van der Waals surface area contributed by atoms with E-state index in [2.05, 4.69) is 0 Å². The number of anilines is 1. The van der Waals surface area contributed by atoms with Gasteiger partial charge >= 0.3 is 0 Å². The number of para-hydroxylation sites is 1. The fourth-order valence-corrected chi connectivity index (χ4v) is 3.68. The van der Waals surface area contributed by atoms with Gasteiger partial charge < -0.3 is 15.7 Å². The van der Waals surface area contributed by atoms with Gasteiger partial charge in [-0.1, -0.05) is 41.9 Å². The standard InChI is InChI=1S/C21H25ClN2O2.ClH/c22-18-8-5-16(6-9-18)21(26)17-11-13-24(14-12-17)20(25)10-7-15-3-1-2-4-19(15)23;/h1-6,8-9,17,21,26H,7,10-14,23H2;1H. The summed E-state index contributed by atoms with van der Waals surface area (Å²) in [6.07, 6.45) is 2.25. The van der Waals surface area contributed by atoms with Crippen LogP contribution in [-0.4, -0.2) is 29.0 Å². The van der Waals surface area contributed by atoms with Crippen molar-refractivity contribution < 1.29 is 9.90 Å². The van der Waals surface area contributed by atoms with E-state index in [9.17, 15) is 9.90 Å². The van der Waals surface area contributed by atoms with Gasteiger partial charge in [-0.25, -0.2) is 0 Å². The molecule has 1 aliphatic rings. The number of carbonyl (C=O) groups excluding carboxylic acids is 1. The van der Waals surface area contributed by atoms with Crippen LogP contribution in [0.2, 0.25) is 5.02 Å². The summed E-state index contributed by atoms with van der Waals surface area (Å²) in [6, 6.07) is 15.0. The summed E-state index contributed by atoms with van der Waals surface area (Å²) in [7, 11) is 0. The van der Waals surface area contributed by atoms with Gasteiger partial charge in [-0.15, -0.1) is 12.4 Å². The zero-order valence-corrected chi connectivity index (χ0v) is 16.8. The van der Waals surface area contributed by atoms with Gasteiger partial charge in [0, 0.05) is 30.2 Å². The number of nitrogens with two attached hydrogens (primary N) is 1. The van der Waals surface area contributed by atoms with Gasteiger partial charge in [0.2, 0.25) is 5.91 Å². The zero-order chi connectivity index (χ0) is 18.5. The SMILES string of the molecule is Cl.Nc1ccccc1CCC(=O)N1CCC(C(O)c2ccc(Cl)cc2)CC1. The second kappa shape index (κ2) is 9.98. The first-order chi connectivity index (χ1) is 12.5. The first kappa shape index (κ1) is 21.5.